The standard InChI is InChI=1S/C12H17BrINO/c1-8(5-6-16-2)12(15)10-7-9(14)3-4-11(10)13/h3-4,7-8,12H,5-6,15H2,1-2H3. The molecule has 2 unspecified atom stereocenters. The van der Waals surface area contributed by atoms with Crippen LogP contribution in [0.4, 0.5) is 0 Å². The highest BCUT2D eigenvalue weighted by atomic mass is 127. The Morgan fingerprint density at radius 1 is 1.50 bits per heavy atom. The fraction of sp³-hybridized carbons (Fsp3) is 0.500. The minimum atomic E-state index is 0.0549. The molecule has 0 spiro atoms. The Labute approximate surface area is 119 Å². The molecule has 90 valence electrons. The van der Waals surface area contributed by atoms with Crippen LogP contribution in [0.2, 0.25) is 0 Å². The van der Waals surface area contributed by atoms with Gasteiger partial charge in [-0.05, 0) is 58.7 Å². The fourth-order valence-corrected chi connectivity index (χ4v) is 2.59. The Morgan fingerprint density at radius 3 is 2.81 bits per heavy atom. The molecule has 4 heteroatoms. The van der Waals surface area contributed by atoms with E-state index in [4.69, 9.17) is 10.5 Å². The van der Waals surface area contributed by atoms with E-state index in [-0.39, 0.29) is 6.04 Å². The molecule has 2 nitrogen and oxygen atoms in total. The van der Waals surface area contributed by atoms with Crippen molar-refractivity contribution < 1.29 is 4.74 Å². The van der Waals surface area contributed by atoms with E-state index < -0.39 is 0 Å². The first-order valence-corrected chi connectivity index (χ1v) is 7.13. The normalized spacial score (nSPS) is 14.8. The molecule has 0 amide bonds. The van der Waals surface area contributed by atoms with Gasteiger partial charge in [-0.1, -0.05) is 22.9 Å². The van der Waals surface area contributed by atoms with E-state index in [0.717, 1.165) is 17.5 Å². The SMILES string of the molecule is COCCC(C)C(N)c1cc(I)ccc1Br. The molecule has 0 aliphatic heterocycles. The lowest BCUT2D eigenvalue weighted by Crippen LogP contribution is -2.21. The van der Waals surface area contributed by atoms with Crippen LogP contribution in [-0.2, 0) is 4.74 Å². The minimum Gasteiger partial charge on any atom is -0.385 e. The van der Waals surface area contributed by atoms with Gasteiger partial charge in [-0.3, -0.25) is 0 Å². The third-order valence-electron chi connectivity index (χ3n) is 2.71. The molecule has 2 N–H and O–H groups in total. The summed E-state index contributed by atoms with van der Waals surface area (Å²) < 4.78 is 7.38. The number of nitrogens with two attached hydrogens (primary N) is 1. The highest BCUT2D eigenvalue weighted by molar-refractivity contribution is 14.1. The van der Waals surface area contributed by atoms with Gasteiger partial charge in [0.15, 0.2) is 0 Å². The molecular weight excluding hydrogens is 381 g/mol. The largest absolute Gasteiger partial charge is 0.385 e. The Morgan fingerprint density at radius 2 is 2.19 bits per heavy atom. The van der Waals surface area contributed by atoms with Crippen molar-refractivity contribution in [3.05, 3.63) is 31.8 Å². The monoisotopic (exact) mass is 397 g/mol. The van der Waals surface area contributed by atoms with Crippen LogP contribution in [0.25, 0.3) is 0 Å². The molecule has 0 bridgehead atoms. The van der Waals surface area contributed by atoms with Gasteiger partial charge in [0.05, 0.1) is 0 Å². The lowest BCUT2D eigenvalue weighted by atomic mass is 9.93. The molecule has 1 aromatic rings. The highest BCUT2D eigenvalue weighted by Gasteiger charge is 2.17. The fourth-order valence-electron chi connectivity index (χ4n) is 1.56. The number of ether oxygens (including phenoxy) is 1. The topological polar surface area (TPSA) is 35.2 Å². The van der Waals surface area contributed by atoms with Crippen LogP contribution in [0.5, 0.6) is 0 Å². The van der Waals surface area contributed by atoms with Gasteiger partial charge in [0.25, 0.3) is 0 Å². The van der Waals surface area contributed by atoms with Crippen molar-refractivity contribution in [1.29, 1.82) is 0 Å². The molecule has 0 fully saturated rings. The van der Waals surface area contributed by atoms with E-state index in [1.165, 1.54) is 9.13 Å². The first-order valence-electron chi connectivity index (χ1n) is 5.25. The molecule has 2 atom stereocenters. The number of hydrogen-bond donors (Lipinski definition) is 1. The molecule has 1 rings (SSSR count). The predicted octanol–water partition coefficient (Wildman–Crippen LogP) is 3.73. The number of hydrogen-bond acceptors (Lipinski definition) is 2. The maximum Gasteiger partial charge on any atom is 0.0465 e. The maximum absolute atomic E-state index is 6.26. The molecule has 0 aliphatic rings. The van der Waals surface area contributed by atoms with Crippen LogP contribution in [-0.4, -0.2) is 13.7 Å². The second-order valence-electron chi connectivity index (χ2n) is 3.95. The zero-order chi connectivity index (χ0) is 12.1. The smallest absolute Gasteiger partial charge is 0.0465 e. The maximum atomic E-state index is 6.26. The third-order valence-corrected chi connectivity index (χ3v) is 4.10. The van der Waals surface area contributed by atoms with Crippen LogP contribution < -0.4 is 5.73 Å². The summed E-state index contributed by atoms with van der Waals surface area (Å²) >= 11 is 5.86. The zero-order valence-corrected chi connectivity index (χ0v) is 13.3. The van der Waals surface area contributed by atoms with Crippen molar-refractivity contribution in [1.82, 2.24) is 0 Å². The van der Waals surface area contributed by atoms with Gasteiger partial charge in [-0.15, -0.1) is 0 Å². The van der Waals surface area contributed by atoms with Crippen molar-refractivity contribution in [3.8, 4) is 0 Å². The second kappa shape index (κ2) is 6.93. The van der Waals surface area contributed by atoms with E-state index in [0.29, 0.717) is 5.92 Å². The number of methoxy groups -OCH3 is 1. The Hall–Kier alpha value is 0.350. The van der Waals surface area contributed by atoms with Gasteiger partial charge >= 0.3 is 0 Å². The first-order chi connectivity index (χ1) is 7.56. The summed E-state index contributed by atoms with van der Waals surface area (Å²) in [6.07, 6.45) is 0.982. The van der Waals surface area contributed by atoms with Crippen molar-refractivity contribution in [2.75, 3.05) is 13.7 Å². The highest BCUT2D eigenvalue weighted by Crippen LogP contribution is 2.29. The van der Waals surface area contributed by atoms with E-state index in [1.54, 1.807) is 7.11 Å². The van der Waals surface area contributed by atoms with Crippen molar-refractivity contribution in [2.24, 2.45) is 11.7 Å². The lowest BCUT2D eigenvalue weighted by molar-refractivity contribution is 0.174. The summed E-state index contributed by atoms with van der Waals surface area (Å²) in [5.74, 6) is 0.412. The summed E-state index contributed by atoms with van der Waals surface area (Å²) in [5.41, 5.74) is 7.44. The molecule has 0 aliphatic carbocycles. The summed E-state index contributed by atoms with van der Waals surface area (Å²) in [7, 11) is 1.72. The van der Waals surface area contributed by atoms with Gasteiger partial charge in [-0.25, -0.2) is 0 Å². The average molecular weight is 398 g/mol. The molecule has 16 heavy (non-hydrogen) atoms. The molecule has 0 heterocycles. The Bertz CT molecular complexity index is 346. The molecule has 0 radical (unpaired) electrons. The van der Waals surface area contributed by atoms with Gasteiger partial charge in [0.1, 0.15) is 0 Å². The summed E-state index contributed by atoms with van der Waals surface area (Å²) in [4.78, 5) is 0. The van der Waals surface area contributed by atoms with Gasteiger partial charge in [0.2, 0.25) is 0 Å². The van der Waals surface area contributed by atoms with Gasteiger partial charge in [-0.2, -0.15) is 0 Å². The zero-order valence-electron chi connectivity index (χ0n) is 9.54. The van der Waals surface area contributed by atoms with Crippen LogP contribution in [0, 0.1) is 9.49 Å². The third kappa shape index (κ3) is 3.98. The Kier molecular flexibility index (Phi) is 6.25. The molecule has 1 aromatic carbocycles. The average Bonchev–Trinajstić information content (AvgIpc) is 2.28. The van der Waals surface area contributed by atoms with E-state index in [2.05, 4.69) is 63.6 Å². The van der Waals surface area contributed by atoms with E-state index >= 15 is 0 Å². The quantitative estimate of drug-likeness (QED) is 0.768. The number of rotatable bonds is 5. The summed E-state index contributed by atoms with van der Waals surface area (Å²) in [6, 6.07) is 6.32. The number of halogens is 2. The van der Waals surface area contributed by atoms with Crippen molar-refractivity contribution >= 4 is 38.5 Å². The minimum absolute atomic E-state index is 0.0549. The second-order valence-corrected chi connectivity index (χ2v) is 6.05. The Balaban J connectivity index is 2.78. The lowest BCUT2D eigenvalue weighted by Gasteiger charge is -2.21. The predicted molar refractivity (Wildman–Crippen MR) is 79.4 cm³/mol. The molecule has 0 saturated heterocycles. The van der Waals surface area contributed by atoms with Crippen molar-refractivity contribution in [3.63, 3.8) is 0 Å². The molecule has 0 aromatic heterocycles. The first kappa shape index (κ1) is 14.4. The van der Waals surface area contributed by atoms with Crippen LogP contribution >= 0.6 is 38.5 Å². The summed E-state index contributed by atoms with van der Waals surface area (Å²) in [5, 5.41) is 0. The van der Waals surface area contributed by atoms with Gasteiger partial charge in [0, 0.05) is 27.8 Å². The van der Waals surface area contributed by atoms with Crippen LogP contribution in [0.3, 0.4) is 0 Å². The van der Waals surface area contributed by atoms with Crippen LogP contribution in [0.15, 0.2) is 22.7 Å². The van der Waals surface area contributed by atoms with E-state index in [9.17, 15) is 0 Å². The molecular formula is C12H17BrINO. The number of benzene rings is 1. The molecule has 0 saturated carbocycles. The summed E-state index contributed by atoms with van der Waals surface area (Å²) in [6.45, 7) is 2.92. The van der Waals surface area contributed by atoms with Crippen LogP contribution in [0.1, 0.15) is 24.9 Å². The van der Waals surface area contributed by atoms with Gasteiger partial charge < -0.3 is 10.5 Å². The van der Waals surface area contributed by atoms with E-state index in [1.807, 2.05) is 0 Å². The van der Waals surface area contributed by atoms with Crippen molar-refractivity contribution in [2.45, 2.75) is 19.4 Å².